The van der Waals surface area contributed by atoms with Crippen LogP contribution in [0.1, 0.15) is 33.9 Å². The van der Waals surface area contributed by atoms with Crippen molar-refractivity contribution >= 4 is 5.91 Å². The molecule has 1 atom stereocenters. The Morgan fingerprint density at radius 2 is 1.95 bits per heavy atom. The maximum atomic E-state index is 12.2. The Hall–Kier alpha value is -2.89. The lowest BCUT2D eigenvalue weighted by Gasteiger charge is -2.14. The molecule has 0 aliphatic heterocycles. The van der Waals surface area contributed by atoms with Gasteiger partial charge < -0.3 is 14.2 Å². The van der Waals surface area contributed by atoms with Crippen molar-refractivity contribution in [1.29, 1.82) is 0 Å². The number of carbonyl (C=O) groups excluding carboxylic acids is 1. The SMILES string of the molecule is Cc1nnc(C(NC(=O)c2ccco2)c2ccccc2)o1. The highest BCUT2D eigenvalue weighted by molar-refractivity contribution is 5.91. The number of aryl methyl sites for hydroxylation is 1. The number of carbonyl (C=O) groups is 1. The highest BCUT2D eigenvalue weighted by Gasteiger charge is 2.23. The van der Waals surface area contributed by atoms with Gasteiger partial charge in [-0.3, -0.25) is 4.79 Å². The summed E-state index contributed by atoms with van der Waals surface area (Å²) in [7, 11) is 0. The Bertz CT molecular complexity index is 720. The summed E-state index contributed by atoms with van der Waals surface area (Å²) in [4.78, 5) is 12.2. The van der Waals surface area contributed by atoms with Gasteiger partial charge in [0.15, 0.2) is 5.76 Å². The van der Waals surface area contributed by atoms with E-state index in [1.807, 2.05) is 30.3 Å². The van der Waals surface area contributed by atoms with Gasteiger partial charge >= 0.3 is 0 Å². The molecule has 2 aromatic heterocycles. The molecule has 6 heteroatoms. The summed E-state index contributed by atoms with van der Waals surface area (Å²) in [6.45, 7) is 1.70. The standard InChI is InChI=1S/C15H13N3O3/c1-10-17-18-15(21-10)13(11-6-3-2-4-7-11)16-14(19)12-8-5-9-20-12/h2-9,13H,1H3,(H,16,19). The second kappa shape index (κ2) is 5.62. The molecule has 1 N–H and O–H groups in total. The molecule has 0 saturated carbocycles. The Morgan fingerprint density at radius 3 is 2.57 bits per heavy atom. The van der Waals surface area contributed by atoms with Gasteiger partial charge in [-0.2, -0.15) is 0 Å². The highest BCUT2D eigenvalue weighted by atomic mass is 16.4. The van der Waals surface area contributed by atoms with Crippen molar-refractivity contribution in [3.05, 3.63) is 71.8 Å². The van der Waals surface area contributed by atoms with E-state index < -0.39 is 6.04 Å². The quantitative estimate of drug-likeness (QED) is 0.795. The van der Waals surface area contributed by atoms with Crippen molar-refractivity contribution in [2.24, 2.45) is 0 Å². The average Bonchev–Trinajstić information content (AvgIpc) is 3.17. The van der Waals surface area contributed by atoms with E-state index in [1.165, 1.54) is 6.26 Å². The van der Waals surface area contributed by atoms with Crippen LogP contribution in [-0.2, 0) is 0 Å². The van der Waals surface area contributed by atoms with E-state index in [-0.39, 0.29) is 11.7 Å². The van der Waals surface area contributed by atoms with Crippen molar-refractivity contribution < 1.29 is 13.6 Å². The van der Waals surface area contributed by atoms with Crippen LogP contribution >= 0.6 is 0 Å². The minimum absolute atomic E-state index is 0.229. The molecular formula is C15H13N3O3. The molecule has 0 aliphatic rings. The molecule has 1 unspecified atom stereocenters. The Kier molecular flexibility index (Phi) is 3.51. The van der Waals surface area contributed by atoms with E-state index in [2.05, 4.69) is 15.5 Å². The summed E-state index contributed by atoms with van der Waals surface area (Å²) in [5.41, 5.74) is 0.848. The smallest absolute Gasteiger partial charge is 0.287 e. The predicted molar refractivity (Wildman–Crippen MR) is 73.5 cm³/mol. The summed E-state index contributed by atoms with van der Waals surface area (Å²) in [6.07, 6.45) is 1.45. The van der Waals surface area contributed by atoms with Crippen molar-refractivity contribution in [2.75, 3.05) is 0 Å². The lowest BCUT2D eigenvalue weighted by atomic mass is 10.1. The molecule has 3 rings (SSSR count). The molecule has 0 spiro atoms. The summed E-state index contributed by atoms with van der Waals surface area (Å²) < 4.78 is 10.5. The lowest BCUT2D eigenvalue weighted by Crippen LogP contribution is -2.29. The number of hydrogen-bond donors (Lipinski definition) is 1. The molecular weight excluding hydrogens is 270 g/mol. The first-order valence-corrected chi connectivity index (χ1v) is 6.43. The zero-order chi connectivity index (χ0) is 14.7. The van der Waals surface area contributed by atoms with Crippen molar-refractivity contribution in [1.82, 2.24) is 15.5 Å². The van der Waals surface area contributed by atoms with E-state index >= 15 is 0 Å². The molecule has 1 aromatic carbocycles. The highest BCUT2D eigenvalue weighted by Crippen LogP contribution is 2.21. The molecule has 6 nitrogen and oxygen atoms in total. The molecule has 1 amide bonds. The van der Waals surface area contributed by atoms with Gasteiger partial charge in [0.05, 0.1) is 6.26 Å². The third kappa shape index (κ3) is 2.84. The van der Waals surface area contributed by atoms with Crippen LogP contribution in [0.15, 0.2) is 57.6 Å². The second-order valence-electron chi connectivity index (χ2n) is 4.45. The zero-order valence-corrected chi connectivity index (χ0v) is 11.3. The second-order valence-corrected chi connectivity index (χ2v) is 4.45. The molecule has 0 fully saturated rings. The molecule has 3 aromatic rings. The van der Waals surface area contributed by atoms with Crippen LogP contribution in [-0.4, -0.2) is 16.1 Å². The van der Waals surface area contributed by atoms with Gasteiger partial charge in [-0.25, -0.2) is 0 Å². The Morgan fingerprint density at radius 1 is 1.14 bits per heavy atom. The van der Waals surface area contributed by atoms with E-state index in [4.69, 9.17) is 8.83 Å². The van der Waals surface area contributed by atoms with Crippen LogP contribution < -0.4 is 5.32 Å². The van der Waals surface area contributed by atoms with E-state index in [0.717, 1.165) is 5.56 Å². The van der Waals surface area contributed by atoms with Crippen LogP contribution in [0.2, 0.25) is 0 Å². The van der Waals surface area contributed by atoms with Gasteiger partial charge in [-0.1, -0.05) is 30.3 Å². The average molecular weight is 283 g/mol. The Balaban J connectivity index is 1.91. The van der Waals surface area contributed by atoms with E-state index in [0.29, 0.717) is 11.8 Å². The molecule has 106 valence electrons. The fraction of sp³-hybridized carbons (Fsp3) is 0.133. The largest absolute Gasteiger partial charge is 0.459 e. The lowest BCUT2D eigenvalue weighted by molar-refractivity contribution is 0.0909. The number of nitrogens with one attached hydrogen (secondary N) is 1. The van der Waals surface area contributed by atoms with Gasteiger partial charge in [-0.05, 0) is 17.7 Å². The molecule has 21 heavy (non-hydrogen) atoms. The number of furan rings is 1. The summed E-state index contributed by atoms with van der Waals surface area (Å²) in [5.74, 6) is 0.661. The maximum absolute atomic E-state index is 12.2. The van der Waals surface area contributed by atoms with Crippen molar-refractivity contribution in [3.63, 3.8) is 0 Å². The van der Waals surface area contributed by atoms with Crippen molar-refractivity contribution in [3.8, 4) is 0 Å². The van der Waals surface area contributed by atoms with E-state index in [1.54, 1.807) is 19.1 Å². The molecule has 2 heterocycles. The number of benzene rings is 1. The minimum atomic E-state index is -0.523. The van der Waals surface area contributed by atoms with Crippen LogP contribution in [0, 0.1) is 6.92 Å². The number of aromatic nitrogens is 2. The topological polar surface area (TPSA) is 81.2 Å². The third-order valence-corrected chi connectivity index (χ3v) is 2.94. The molecule has 0 radical (unpaired) electrons. The third-order valence-electron chi connectivity index (χ3n) is 2.94. The summed E-state index contributed by atoms with van der Waals surface area (Å²) in [6, 6.07) is 12.1. The number of amides is 1. The normalized spacial score (nSPS) is 12.0. The zero-order valence-electron chi connectivity index (χ0n) is 11.3. The van der Waals surface area contributed by atoms with Gasteiger partial charge in [0.1, 0.15) is 6.04 Å². The summed E-state index contributed by atoms with van der Waals surface area (Å²) >= 11 is 0. The van der Waals surface area contributed by atoms with Crippen LogP contribution in [0.4, 0.5) is 0 Å². The fourth-order valence-corrected chi connectivity index (χ4v) is 1.97. The predicted octanol–water partition coefficient (Wildman–Crippen LogP) is 2.49. The van der Waals surface area contributed by atoms with E-state index in [9.17, 15) is 4.79 Å². The van der Waals surface area contributed by atoms with Crippen LogP contribution in [0.25, 0.3) is 0 Å². The molecule has 0 bridgehead atoms. The molecule has 0 aliphatic carbocycles. The van der Waals surface area contributed by atoms with Gasteiger partial charge in [0.25, 0.3) is 5.91 Å². The minimum Gasteiger partial charge on any atom is -0.459 e. The number of hydrogen-bond acceptors (Lipinski definition) is 5. The van der Waals surface area contributed by atoms with Crippen LogP contribution in [0.3, 0.4) is 0 Å². The Labute approximate surface area is 120 Å². The first-order chi connectivity index (χ1) is 10.2. The first-order valence-electron chi connectivity index (χ1n) is 6.43. The first kappa shape index (κ1) is 13.1. The van der Waals surface area contributed by atoms with Gasteiger partial charge in [0.2, 0.25) is 11.8 Å². The number of rotatable bonds is 4. The monoisotopic (exact) mass is 283 g/mol. The fourth-order valence-electron chi connectivity index (χ4n) is 1.97. The van der Waals surface area contributed by atoms with Crippen molar-refractivity contribution in [2.45, 2.75) is 13.0 Å². The van der Waals surface area contributed by atoms with Crippen LogP contribution in [0.5, 0.6) is 0 Å². The molecule has 0 saturated heterocycles. The number of nitrogens with zero attached hydrogens (tertiary/aromatic N) is 2. The maximum Gasteiger partial charge on any atom is 0.287 e. The van der Waals surface area contributed by atoms with Gasteiger partial charge in [-0.15, -0.1) is 10.2 Å². The summed E-state index contributed by atoms with van der Waals surface area (Å²) in [5, 5.41) is 10.6. The van der Waals surface area contributed by atoms with Gasteiger partial charge in [0, 0.05) is 6.92 Å².